The van der Waals surface area contributed by atoms with Crippen LogP contribution in [-0.4, -0.2) is 41.6 Å². The number of nitrogens with one attached hydrogen (secondary N) is 1. The molecule has 1 aromatic heterocycles. The summed E-state index contributed by atoms with van der Waals surface area (Å²) in [7, 11) is 1.57. The topological polar surface area (TPSA) is 80.8 Å². The van der Waals surface area contributed by atoms with Crippen LogP contribution in [-0.2, 0) is 11.3 Å². The van der Waals surface area contributed by atoms with E-state index >= 15 is 0 Å². The molecule has 0 unspecified atom stereocenters. The van der Waals surface area contributed by atoms with E-state index in [2.05, 4.69) is 10.3 Å². The number of esters is 1. The summed E-state index contributed by atoms with van der Waals surface area (Å²) in [6.45, 7) is 2.42. The normalized spacial score (nSPS) is 13.2. The smallest absolute Gasteiger partial charge is 0.357 e. The summed E-state index contributed by atoms with van der Waals surface area (Å²) in [6, 6.07) is 7.27. The number of carbonyl (C=O) groups excluding carboxylic acids is 2. The lowest BCUT2D eigenvalue weighted by molar-refractivity contribution is 0.0520. The Kier molecular flexibility index (Phi) is 5.72. The summed E-state index contributed by atoms with van der Waals surface area (Å²) in [5, 5.41) is 5.27. The lowest BCUT2D eigenvalue weighted by Gasteiger charge is -2.22. The van der Waals surface area contributed by atoms with Gasteiger partial charge in [0.1, 0.15) is 10.8 Å². The molecule has 0 atom stereocenters. The highest BCUT2D eigenvalue weighted by atomic mass is 32.1. The maximum atomic E-state index is 12.8. The molecular formula is C18H21N3O4S. The highest BCUT2D eigenvalue weighted by Crippen LogP contribution is 2.31. The number of ether oxygens (including phenoxy) is 2. The van der Waals surface area contributed by atoms with Crippen LogP contribution < -0.4 is 10.1 Å². The van der Waals surface area contributed by atoms with Crippen molar-refractivity contribution < 1.29 is 19.1 Å². The van der Waals surface area contributed by atoms with E-state index in [1.54, 1.807) is 36.4 Å². The van der Waals surface area contributed by atoms with Gasteiger partial charge in [-0.2, -0.15) is 0 Å². The number of carbonyl (C=O) groups is 2. The first-order valence-electron chi connectivity index (χ1n) is 8.44. The van der Waals surface area contributed by atoms with Crippen molar-refractivity contribution in [3.05, 3.63) is 40.3 Å². The Labute approximate surface area is 155 Å². The first kappa shape index (κ1) is 18.2. The summed E-state index contributed by atoms with van der Waals surface area (Å²) in [5.74, 6) is 0.168. The number of benzene rings is 1. The molecule has 26 heavy (non-hydrogen) atoms. The van der Waals surface area contributed by atoms with E-state index in [9.17, 15) is 9.59 Å². The molecule has 1 aliphatic rings. The molecule has 138 valence electrons. The van der Waals surface area contributed by atoms with Crippen molar-refractivity contribution in [1.29, 1.82) is 0 Å². The zero-order chi connectivity index (χ0) is 18.5. The lowest BCUT2D eigenvalue weighted by atomic mass is 10.3. The molecule has 7 nitrogen and oxygen atoms in total. The zero-order valence-electron chi connectivity index (χ0n) is 14.7. The van der Waals surface area contributed by atoms with Crippen molar-refractivity contribution in [3.8, 4) is 5.75 Å². The third-order valence-electron chi connectivity index (χ3n) is 3.94. The largest absolute Gasteiger partial charge is 0.495 e. The number of hydrogen-bond acceptors (Lipinski definition) is 6. The molecule has 0 radical (unpaired) electrons. The van der Waals surface area contributed by atoms with Gasteiger partial charge in [-0.3, -0.25) is 0 Å². The van der Waals surface area contributed by atoms with E-state index in [1.807, 2.05) is 12.1 Å². The molecule has 8 heteroatoms. The first-order valence-corrected chi connectivity index (χ1v) is 9.32. The van der Waals surface area contributed by atoms with Crippen LogP contribution in [0, 0.1) is 0 Å². The van der Waals surface area contributed by atoms with Crippen LogP contribution in [0.15, 0.2) is 29.6 Å². The van der Waals surface area contributed by atoms with E-state index < -0.39 is 5.97 Å². The van der Waals surface area contributed by atoms with Crippen molar-refractivity contribution in [2.45, 2.75) is 32.4 Å². The van der Waals surface area contributed by atoms with Crippen LogP contribution in [0.5, 0.6) is 5.75 Å². The fourth-order valence-electron chi connectivity index (χ4n) is 2.52. The van der Waals surface area contributed by atoms with Gasteiger partial charge in [-0.15, -0.1) is 11.3 Å². The number of hydrogen-bond donors (Lipinski definition) is 1. The molecule has 0 bridgehead atoms. The van der Waals surface area contributed by atoms with Crippen LogP contribution >= 0.6 is 11.3 Å². The van der Waals surface area contributed by atoms with Gasteiger partial charge in [0, 0.05) is 11.4 Å². The number of thiazole rings is 1. The van der Waals surface area contributed by atoms with Crippen molar-refractivity contribution in [3.63, 3.8) is 0 Å². The standard InChI is InChI=1S/C18H21N3O4S/c1-3-25-17(22)14-11-26-16(19-14)10-21(12-8-9-12)18(23)20-13-6-4-5-7-15(13)24-2/h4-7,11-12H,3,8-10H2,1-2H3,(H,20,23). The highest BCUT2D eigenvalue weighted by Gasteiger charge is 2.33. The number of anilines is 1. The van der Waals surface area contributed by atoms with E-state index in [-0.39, 0.29) is 17.8 Å². The highest BCUT2D eigenvalue weighted by molar-refractivity contribution is 7.09. The summed E-state index contributed by atoms with van der Waals surface area (Å²) >= 11 is 1.35. The molecule has 2 amide bonds. The second-order valence-electron chi connectivity index (χ2n) is 5.84. The minimum atomic E-state index is -0.438. The Morgan fingerprint density at radius 2 is 2.12 bits per heavy atom. The van der Waals surface area contributed by atoms with Gasteiger partial charge in [0.05, 0.1) is 25.9 Å². The molecule has 1 saturated carbocycles. The zero-order valence-corrected chi connectivity index (χ0v) is 15.5. The van der Waals surface area contributed by atoms with Crippen LogP contribution in [0.25, 0.3) is 0 Å². The number of aromatic nitrogens is 1. The lowest BCUT2D eigenvalue weighted by Crippen LogP contribution is -2.36. The molecule has 1 fully saturated rings. The molecule has 1 aromatic carbocycles. The molecule has 1 N–H and O–H groups in total. The number of amides is 2. The second-order valence-corrected chi connectivity index (χ2v) is 6.78. The maximum Gasteiger partial charge on any atom is 0.357 e. The maximum absolute atomic E-state index is 12.8. The molecule has 0 spiro atoms. The number of para-hydroxylation sites is 2. The van der Waals surface area contributed by atoms with E-state index in [4.69, 9.17) is 9.47 Å². The molecule has 2 aromatic rings. The van der Waals surface area contributed by atoms with E-state index in [1.165, 1.54) is 11.3 Å². The van der Waals surface area contributed by atoms with Gasteiger partial charge in [0.15, 0.2) is 5.69 Å². The van der Waals surface area contributed by atoms with Gasteiger partial charge in [-0.25, -0.2) is 14.6 Å². The van der Waals surface area contributed by atoms with Gasteiger partial charge in [0.2, 0.25) is 0 Å². The summed E-state index contributed by atoms with van der Waals surface area (Å²) in [6.07, 6.45) is 1.94. The summed E-state index contributed by atoms with van der Waals surface area (Å²) in [5.41, 5.74) is 0.907. The van der Waals surface area contributed by atoms with Crippen LogP contribution in [0.2, 0.25) is 0 Å². The third-order valence-corrected chi connectivity index (χ3v) is 4.77. The molecule has 0 aliphatic heterocycles. The van der Waals surface area contributed by atoms with Gasteiger partial charge in [0.25, 0.3) is 0 Å². The average Bonchev–Trinajstić information content (AvgIpc) is 3.37. The molecule has 1 aliphatic carbocycles. The Morgan fingerprint density at radius 3 is 2.81 bits per heavy atom. The SMILES string of the molecule is CCOC(=O)c1csc(CN(C(=O)Nc2ccccc2OC)C2CC2)n1. The van der Waals surface area contributed by atoms with Gasteiger partial charge < -0.3 is 19.7 Å². The summed E-state index contributed by atoms with van der Waals surface area (Å²) in [4.78, 5) is 30.6. The van der Waals surface area contributed by atoms with Crippen LogP contribution in [0.1, 0.15) is 35.3 Å². The summed E-state index contributed by atoms with van der Waals surface area (Å²) < 4.78 is 10.2. The Balaban J connectivity index is 1.69. The van der Waals surface area contributed by atoms with E-state index in [0.717, 1.165) is 12.8 Å². The minimum absolute atomic E-state index is 0.194. The third kappa shape index (κ3) is 4.32. The van der Waals surface area contributed by atoms with Gasteiger partial charge in [-0.05, 0) is 31.9 Å². The van der Waals surface area contributed by atoms with E-state index in [0.29, 0.717) is 29.6 Å². The number of rotatable bonds is 7. The minimum Gasteiger partial charge on any atom is -0.495 e. The van der Waals surface area contributed by atoms with Gasteiger partial charge >= 0.3 is 12.0 Å². The number of urea groups is 1. The van der Waals surface area contributed by atoms with Crippen LogP contribution in [0.3, 0.4) is 0 Å². The molecule has 0 saturated heterocycles. The first-order chi connectivity index (χ1) is 12.6. The van der Waals surface area contributed by atoms with Crippen molar-refractivity contribution in [1.82, 2.24) is 9.88 Å². The Morgan fingerprint density at radius 1 is 1.35 bits per heavy atom. The average molecular weight is 375 g/mol. The molecular weight excluding hydrogens is 354 g/mol. The quantitative estimate of drug-likeness (QED) is 0.749. The predicted molar refractivity (Wildman–Crippen MR) is 98.6 cm³/mol. The van der Waals surface area contributed by atoms with Crippen molar-refractivity contribution in [2.75, 3.05) is 19.0 Å². The fourth-order valence-corrected chi connectivity index (χ4v) is 3.28. The Bertz CT molecular complexity index is 788. The number of methoxy groups -OCH3 is 1. The Hall–Kier alpha value is -2.61. The monoisotopic (exact) mass is 375 g/mol. The second kappa shape index (κ2) is 8.18. The van der Waals surface area contributed by atoms with Gasteiger partial charge in [-0.1, -0.05) is 12.1 Å². The number of nitrogens with zero attached hydrogens (tertiary/aromatic N) is 2. The molecule has 1 heterocycles. The van der Waals surface area contributed by atoms with Crippen LogP contribution in [0.4, 0.5) is 10.5 Å². The predicted octanol–water partition coefficient (Wildman–Crippen LogP) is 3.52. The van der Waals surface area contributed by atoms with Crippen molar-refractivity contribution >= 4 is 29.0 Å². The fraction of sp³-hybridized carbons (Fsp3) is 0.389. The molecule has 3 rings (SSSR count). The van der Waals surface area contributed by atoms with Crippen molar-refractivity contribution in [2.24, 2.45) is 0 Å².